The van der Waals surface area contributed by atoms with E-state index < -0.39 is 5.97 Å². The highest BCUT2D eigenvalue weighted by Gasteiger charge is 2.16. The smallest absolute Gasteiger partial charge is 0.322 e. The summed E-state index contributed by atoms with van der Waals surface area (Å²) in [4.78, 5) is 21.4. The zero-order chi connectivity index (χ0) is 10.4. The predicted molar refractivity (Wildman–Crippen MR) is 54.4 cm³/mol. The van der Waals surface area contributed by atoms with Gasteiger partial charge in [-0.05, 0) is 0 Å². The van der Waals surface area contributed by atoms with E-state index in [0.29, 0.717) is 6.42 Å². The van der Waals surface area contributed by atoms with Gasteiger partial charge in [0.15, 0.2) is 0 Å². The Hall–Kier alpha value is -0.750. The summed E-state index contributed by atoms with van der Waals surface area (Å²) in [6.45, 7) is 0.625. The van der Waals surface area contributed by atoms with Gasteiger partial charge in [-0.25, -0.2) is 0 Å². The van der Waals surface area contributed by atoms with Crippen molar-refractivity contribution in [1.29, 1.82) is 0 Å². The Labute approximate surface area is 86.6 Å². The normalized spacial score (nSPS) is 21.6. The molecule has 1 saturated heterocycles. The molecule has 14 heavy (non-hydrogen) atoms. The van der Waals surface area contributed by atoms with Crippen LogP contribution in [0.15, 0.2) is 0 Å². The van der Waals surface area contributed by atoms with E-state index in [4.69, 9.17) is 5.11 Å². The first kappa shape index (κ1) is 11.3. The second kappa shape index (κ2) is 5.87. The number of hydrogen-bond acceptors (Lipinski definition) is 4. The highest BCUT2D eigenvalue weighted by molar-refractivity contribution is 7.99. The number of carboxylic acids is 1. The monoisotopic (exact) mass is 218 g/mol. The third-order valence-corrected chi connectivity index (χ3v) is 3.00. The van der Waals surface area contributed by atoms with E-state index in [1.54, 1.807) is 0 Å². The molecule has 3 N–H and O–H groups in total. The Morgan fingerprint density at radius 3 is 2.93 bits per heavy atom. The fraction of sp³-hybridized carbons (Fsp3) is 0.750. The molecule has 0 aliphatic carbocycles. The zero-order valence-corrected chi connectivity index (χ0v) is 8.60. The maximum atomic E-state index is 11.2. The molecule has 1 aliphatic rings. The van der Waals surface area contributed by atoms with Crippen LogP contribution in [0.5, 0.6) is 0 Å². The Kier molecular flexibility index (Phi) is 4.75. The molecule has 0 aromatic carbocycles. The van der Waals surface area contributed by atoms with E-state index in [9.17, 15) is 9.59 Å². The third-order valence-electron chi connectivity index (χ3n) is 1.87. The molecule has 6 heteroatoms. The van der Waals surface area contributed by atoms with Crippen molar-refractivity contribution >= 4 is 23.6 Å². The van der Waals surface area contributed by atoms with E-state index in [0.717, 1.165) is 18.1 Å². The molecule has 0 radical (unpaired) electrons. The second-order valence-corrected chi connectivity index (χ2v) is 4.25. The zero-order valence-electron chi connectivity index (χ0n) is 7.78. The summed E-state index contributed by atoms with van der Waals surface area (Å²) in [7, 11) is 0. The van der Waals surface area contributed by atoms with E-state index in [1.807, 2.05) is 11.8 Å². The summed E-state index contributed by atoms with van der Waals surface area (Å²) >= 11 is 1.81. The van der Waals surface area contributed by atoms with Crippen molar-refractivity contribution < 1.29 is 14.7 Å². The van der Waals surface area contributed by atoms with Crippen molar-refractivity contribution in [2.75, 3.05) is 24.6 Å². The van der Waals surface area contributed by atoms with Crippen LogP contribution in [0.1, 0.15) is 6.42 Å². The molecule has 0 bridgehead atoms. The highest BCUT2D eigenvalue weighted by atomic mass is 32.2. The quantitative estimate of drug-likeness (QED) is 0.580. The van der Waals surface area contributed by atoms with Gasteiger partial charge in [-0.2, -0.15) is 11.8 Å². The van der Waals surface area contributed by atoms with Crippen LogP contribution in [-0.2, 0) is 9.59 Å². The molecule has 0 aromatic heterocycles. The van der Waals surface area contributed by atoms with E-state index >= 15 is 0 Å². The first-order chi connectivity index (χ1) is 6.68. The van der Waals surface area contributed by atoms with Gasteiger partial charge < -0.3 is 15.7 Å². The van der Waals surface area contributed by atoms with E-state index in [-0.39, 0.29) is 18.5 Å². The number of thioether (sulfide) groups is 1. The van der Waals surface area contributed by atoms with Gasteiger partial charge in [-0.3, -0.25) is 9.59 Å². The lowest BCUT2D eigenvalue weighted by molar-refractivity contribution is -0.138. The molecule has 1 amide bonds. The van der Waals surface area contributed by atoms with Crippen molar-refractivity contribution in [2.24, 2.45) is 0 Å². The number of aliphatic carboxylic acids is 1. The number of rotatable bonds is 4. The molecular formula is C8H14N2O3S. The molecule has 0 saturated carbocycles. The van der Waals surface area contributed by atoms with Gasteiger partial charge in [0.2, 0.25) is 5.91 Å². The number of carboxylic acid groups (broad SMARTS) is 1. The number of carbonyl (C=O) groups is 2. The summed E-state index contributed by atoms with van der Waals surface area (Å²) in [5, 5.41) is 13.9. The molecule has 1 fully saturated rings. The van der Waals surface area contributed by atoms with Crippen LogP contribution in [0.4, 0.5) is 0 Å². The predicted octanol–water partition coefficient (Wildman–Crippen LogP) is -0.718. The van der Waals surface area contributed by atoms with Gasteiger partial charge in [-0.1, -0.05) is 0 Å². The van der Waals surface area contributed by atoms with Crippen LogP contribution in [0, 0.1) is 0 Å². The molecule has 1 rings (SSSR count). The van der Waals surface area contributed by atoms with Crippen LogP contribution in [-0.4, -0.2) is 47.6 Å². The van der Waals surface area contributed by atoms with Gasteiger partial charge in [0.1, 0.15) is 6.54 Å². The Balaban J connectivity index is 2.15. The minimum Gasteiger partial charge on any atom is -0.480 e. The summed E-state index contributed by atoms with van der Waals surface area (Å²) in [6, 6.07) is 0.183. The maximum Gasteiger partial charge on any atom is 0.322 e. The fourth-order valence-electron chi connectivity index (χ4n) is 1.22. The summed E-state index contributed by atoms with van der Waals surface area (Å²) in [6.07, 6.45) is 0.361. The lowest BCUT2D eigenvalue weighted by atomic mass is 10.2. The first-order valence-corrected chi connectivity index (χ1v) is 5.63. The Morgan fingerprint density at radius 2 is 2.36 bits per heavy atom. The summed E-state index contributed by atoms with van der Waals surface area (Å²) in [5.41, 5.74) is 0. The molecule has 1 atom stereocenters. The van der Waals surface area contributed by atoms with Crippen LogP contribution in [0.2, 0.25) is 0 Å². The maximum absolute atomic E-state index is 11.2. The van der Waals surface area contributed by atoms with Gasteiger partial charge in [-0.15, -0.1) is 0 Å². The number of nitrogens with one attached hydrogen (secondary N) is 2. The minimum absolute atomic E-state index is 0.183. The lowest BCUT2D eigenvalue weighted by Gasteiger charge is -2.22. The minimum atomic E-state index is -1.01. The van der Waals surface area contributed by atoms with Crippen molar-refractivity contribution in [2.45, 2.75) is 12.5 Å². The Bertz CT molecular complexity index is 217. The average Bonchev–Trinajstić information content (AvgIpc) is 2.16. The molecule has 5 nitrogen and oxygen atoms in total. The summed E-state index contributed by atoms with van der Waals surface area (Å²) in [5.74, 6) is 0.782. The fourth-order valence-corrected chi connectivity index (χ4v) is 2.17. The molecule has 0 aromatic rings. The van der Waals surface area contributed by atoms with Crippen molar-refractivity contribution in [3.8, 4) is 0 Å². The second-order valence-electron chi connectivity index (χ2n) is 3.10. The number of amides is 1. The molecule has 1 unspecified atom stereocenters. The molecular weight excluding hydrogens is 204 g/mol. The number of hydrogen-bond donors (Lipinski definition) is 3. The van der Waals surface area contributed by atoms with E-state index in [2.05, 4.69) is 10.6 Å². The summed E-state index contributed by atoms with van der Waals surface area (Å²) < 4.78 is 0. The lowest BCUT2D eigenvalue weighted by Crippen LogP contribution is -2.42. The van der Waals surface area contributed by atoms with Crippen LogP contribution in [0.25, 0.3) is 0 Å². The van der Waals surface area contributed by atoms with Crippen molar-refractivity contribution in [3.05, 3.63) is 0 Å². The Morgan fingerprint density at radius 1 is 1.57 bits per heavy atom. The third kappa shape index (κ3) is 4.48. The van der Waals surface area contributed by atoms with Crippen LogP contribution in [0.3, 0.4) is 0 Å². The molecule has 0 spiro atoms. The highest BCUT2D eigenvalue weighted by Crippen LogP contribution is 2.09. The van der Waals surface area contributed by atoms with Gasteiger partial charge in [0.25, 0.3) is 0 Å². The average molecular weight is 218 g/mol. The van der Waals surface area contributed by atoms with Gasteiger partial charge in [0, 0.05) is 30.5 Å². The largest absolute Gasteiger partial charge is 0.480 e. The van der Waals surface area contributed by atoms with E-state index in [1.165, 1.54) is 0 Å². The molecule has 80 valence electrons. The molecule has 1 aliphatic heterocycles. The van der Waals surface area contributed by atoms with Gasteiger partial charge >= 0.3 is 5.97 Å². The van der Waals surface area contributed by atoms with Crippen LogP contribution < -0.4 is 10.6 Å². The van der Waals surface area contributed by atoms with Crippen LogP contribution >= 0.6 is 11.8 Å². The molecule has 1 heterocycles. The first-order valence-electron chi connectivity index (χ1n) is 4.48. The van der Waals surface area contributed by atoms with Crippen molar-refractivity contribution in [1.82, 2.24) is 10.6 Å². The van der Waals surface area contributed by atoms with Crippen molar-refractivity contribution in [3.63, 3.8) is 0 Å². The standard InChI is InChI=1S/C8H14N2O3S/c11-7(10-4-8(12)13)3-6-5-14-2-1-9-6/h6,9H,1-5H2,(H,10,11)(H,12,13). The van der Waals surface area contributed by atoms with Gasteiger partial charge in [0.05, 0.1) is 0 Å². The SMILES string of the molecule is O=C(O)CNC(=O)CC1CSCCN1. The topological polar surface area (TPSA) is 78.4 Å². The number of carbonyl (C=O) groups excluding carboxylic acids is 1.